The molecule has 2 N–H and O–H groups in total. The minimum Gasteiger partial charge on any atom is -0.351 e. The highest BCUT2D eigenvalue weighted by atomic mass is 32.2. The number of carbonyl (C=O) groups is 1. The first kappa shape index (κ1) is 14.9. The summed E-state index contributed by atoms with van der Waals surface area (Å²) in [5.41, 5.74) is 1.39. The molecule has 0 aliphatic heterocycles. The molecule has 20 heavy (non-hydrogen) atoms. The molecular weight excluding hydrogens is 270 g/mol. The second-order valence-corrected chi connectivity index (χ2v) is 5.77. The van der Waals surface area contributed by atoms with E-state index in [1.807, 2.05) is 36.0 Å². The summed E-state index contributed by atoms with van der Waals surface area (Å²) in [5.74, 6) is 1.14. The molecule has 0 spiro atoms. The SMILES string of the molecule is CSCCCCCCNC(=O)c1n[nH]c2ccccc12. The number of nitrogens with one attached hydrogen (secondary N) is 2. The summed E-state index contributed by atoms with van der Waals surface area (Å²) in [4.78, 5) is 12.1. The van der Waals surface area contributed by atoms with Crippen molar-refractivity contribution in [1.82, 2.24) is 15.5 Å². The number of para-hydroxylation sites is 1. The van der Waals surface area contributed by atoms with Crippen molar-refractivity contribution >= 4 is 28.6 Å². The van der Waals surface area contributed by atoms with Gasteiger partial charge in [0.1, 0.15) is 0 Å². The largest absolute Gasteiger partial charge is 0.351 e. The molecule has 108 valence electrons. The molecule has 0 saturated heterocycles. The van der Waals surface area contributed by atoms with Crippen LogP contribution in [0.5, 0.6) is 0 Å². The smallest absolute Gasteiger partial charge is 0.272 e. The first-order valence-electron chi connectivity index (χ1n) is 7.03. The molecule has 0 unspecified atom stereocenters. The van der Waals surface area contributed by atoms with Crippen LogP contribution in [0.1, 0.15) is 36.2 Å². The number of carbonyl (C=O) groups excluding carboxylic acids is 1. The fourth-order valence-electron chi connectivity index (χ4n) is 2.15. The Bertz CT molecular complexity index is 553. The number of hydrogen-bond acceptors (Lipinski definition) is 3. The molecule has 1 amide bonds. The third-order valence-electron chi connectivity index (χ3n) is 3.25. The Morgan fingerprint density at radius 3 is 2.90 bits per heavy atom. The molecule has 0 fully saturated rings. The summed E-state index contributed by atoms with van der Waals surface area (Å²) < 4.78 is 0. The summed E-state index contributed by atoms with van der Waals surface area (Å²) in [6.45, 7) is 0.722. The lowest BCUT2D eigenvalue weighted by atomic mass is 10.2. The lowest BCUT2D eigenvalue weighted by molar-refractivity contribution is 0.0949. The van der Waals surface area contributed by atoms with Gasteiger partial charge in [0.2, 0.25) is 0 Å². The van der Waals surface area contributed by atoms with Crippen LogP contribution in [0.25, 0.3) is 10.9 Å². The van der Waals surface area contributed by atoms with Crippen molar-refractivity contribution in [2.24, 2.45) is 0 Å². The first-order valence-corrected chi connectivity index (χ1v) is 8.42. The lowest BCUT2D eigenvalue weighted by Crippen LogP contribution is -2.25. The summed E-state index contributed by atoms with van der Waals surface area (Å²) in [7, 11) is 0. The van der Waals surface area contributed by atoms with Crippen molar-refractivity contribution in [3.63, 3.8) is 0 Å². The zero-order valence-corrected chi connectivity index (χ0v) is 12.6. The Kier molecular flexibility index (Phi) is 5.92. The number of rotatable bonds is 8. The Morgan fingerprint density at radius 2 is 2.05 bits per heavy atom. The number of thioether (sulfide) groups is 1. The number of amides is 1. The Balaban J connectivity index is 1.75. The molecule has 0 radical (unpaired) electrons. The van der Waals surface area contributed by atoms with Gasteiger partial charge in [0.25, 0.3) is 5.91 Å². The quantitative estimate of drug-likeness (QED) is 0.734. The third kappa shape index (κ3) is 4.00. The molecule has 1 aromatic carbocycles. The van der Waals surface area contributed by atoms with Crippen molar-refractivity contribution in [1.29, 1.82) is 0 Å². The maximum Gasteiger partial charge on any atom is 0.272 e. The van der Waals surface area contributed by atoms with Crippen LogP contribution in [0.4, 0.5) is 0 Å². The zero-order valence-electron chi connectivity index (χ0n) is 11.8. The second kappa shape index (κ2) is 7.94. The van der Waals surface area contributed by atoms with Gasteiger partial charge in [0.05, 0.1) is 5.52 Å². The molecule has 1 heterocycles. The van der Waals surface area contributed by atoms with Crippen molar-refractivity contribution in [3.8, 4) is 0 Å². The summed E-state index contributed by atoms with van der Waals surface area (Å²) in [6.07, 6.45) is 6.83. The summed E-state index contributed by atoms with van der Waals surface area (Å²) in [6, 6.07) is 7.68. The van der Waals surface area contributed by atoms with Gasteiger partial charge in [-0.25, -0.2) is 0 Å². The van der Waals surface area contributed by atoms with Gasteiger partial charge in [-0.3, -0.25) is 9.89 Å². The lowest BCUT2D eigenvalue weighted by Gasteiger charge is -2.03. The van der Waals surface area contributed by atoms with E-state index in [2.05, 4.69) is 21.8 Å². The fraction of sp³-hybridized carbons (Fsp3) is 0.467. The van der Waals surface area contributed by atoms with E-state index < -0.39 is 0 Å². The number of aromatic nitrogens is 2. The Morgan fingerprint density at radius 1 is 1.25 bits per heavy atom. The average molecular weight is 291 g/mol. The van der Waals surface area contributed by atoms with Crippen molar-refractivity contribution in [2.45, 2.75) is 25.7 Å². The van der Waals surface area contributed by atoms with Crippen molar-refractivity contribution in [3.05, 3.63) is 30.0 Å². The highest BCUT2D eigenvalue weighted by molar-refractivity contribution is 7.98. The van der Waals surface area contributed by atoms with Crippen molar-refractivity contribution < 1.29 is 4.79 Å². The van der Waals surface area contributed by atoms with Crippen LogP contribution in [-0.2, 0) is 0 Å². The Labute approximate surface area is 123 Å². The number of fused-ring (bicyclic) bond motifs is 1. The third-order valence-corrected chi connectivity index (χ3v) is 3.94. The molecule has 2 aromatic rings. The van der Waals surface area contributed by atoms with Gasteiger partial charge in [0, 0.05) is 11.9 Å². The van der Waals surface area contributed by atoms with Crippen LogP contribution in [-0.4, -0.2) is 34.7 Å². The summed E-state index contributed by atoms with van der Waals surface area (Å²) in [5, 5.41) is 10.8. The van der Waals surface area contributed by atoms with Gasteiger partial charge >= 0.3 is 0 Å². The van der Waals surface area contributed by atoms with Crippen LogP contribution < -0.4 is 5.32 Å². The van der Waals surface area contributed by atoms with Crippen LogP contribution in [0, 0.1) is 0 Å². The molecule has 0 aliphatic carbocycles. The van der Waals surface area contributed by atoms with E-state index in [1.165, 1.54) is 25.0 Å². The number of H-pyrrole nitrogens is 1. The minimum absolute atomic E-state index is 0.0911. The maximum atomic E-state index is 12.1. The van der Waals surface area contributed by atoms with Gasteiger partial charge in [-0.2, -0.15) is 16.9 Å². The molecule has 0 atom stereocenters. The molecule has 0 saturated carbocycles. The molecule has 4 nitrogen and oxygen atoms in total. The molecule has 1 aromatic heterocycles. The number of benzene rings is 1. The first-order chi connectivity index (χ1) is 9.83. The van der Waals surface area contributed by atoms with Crippen LogP contribution in [0.3, 0.4) is 0 Å². The maximum absolute atomic E-state index is 12.1. The van der Waals surface area contributed by atoms with Gasteiger partial charge < -0.3 is 5.32 Å². The second-order valence-electron chi connectivity index (χ2n) is 4.78. The monoisotopic (exact) mass is 291 g/mol. The zero-order chi connectivity index (χ0) is 14.2. The van der Waals surface area contributed by atoms with Crippen LogP contribution in [0.2, 0.25) is 0 Å². The predicted molar refractivity (Wildman–Crippen MR) is 85.3 cm³/mol. The standard InChI is InChI=1S/C15H21N3OS/c1-20-11-7-3-2-6-10-16-15(19)14-12-8-4-5-9-13(12)17-18-14/h4-5,8-9H,2-3,6-7,10-11H2,1H3,(H,16,19)(H,17,18). The number of nitrogens with zero attached hydrogens (tertiary/aromatic N) is 1. The summed E-state index contributed by atoms with van der Waals surface area (Å²) >= 11 is 1.89. The van der Waals surface area contributed by atoms with E-state index in [4.69, 9.17) is 0 Å². The predicted octanol–water partition coefficient (Wildman–Crippen LogP) is 3.22. The molecule has 2 rings (SSSR count). The van der Waals surface area contributed by atoms with E-state index in [0.29, 0.717) is 5.69 Å². The van der Waals surface area contributed by atoms with E-state index >= 15 is 0 Å². The van der Waals surface area contributed by atoms with Crippen LogP contribution in [0.15, 0.2) is 24.3 Å². The normalized spacial score (nSPS) is 10.8. The molecular formula is C15H21N3OS. The number of aromatic amines is 1. The fourth-order valence-corrected chi connectivity index (χ4v) is 2.64. The Hall–Kier alpha value is -1.49. The molecule has 0 aliphatic rings. The number of unbranched alkanes of at least 4 members (excludes halogenated alkanes) is 3. The molecule has 0 bridgehead atoms. The molecule has 5 heteroatoms. The van der Waals surface area contributed by atoms with Crippen LogP contribution >= 0.6 is 11.8 Å². The van der Waals surface area contributed by atoms with Gasteiger partial charge in [-0.1, -0.05) is 31.0 Å². The van der Waals surface area contributed by atoms with Gasteiger partial charge in [-0.05, 0) is 30.9 Å². The van der Waals surface area contributed by atoms with E-state index in [9.17, 15) is 4.79 Å². The van der Waals surface area contributed by atoms with Crippen molar-refractivity contribution in [2.75, 3.05) is 18.6 Å². The average Bonchev–Trinajstić information content (AvgIpc) is 2.90. The highest BCUT2D eigenvalue weighted by Crippen LogP contribution is 2.14. The highest BCUT2D eigenvalue weighted by Gasteiger charge is 2.12. The van der Waals surface area contributed by atoms with E-state index in [-0.39, 0.29) is 5.91 Å². The topological polar surface area (TPSA) is 57.8 Å². The minimum atomic E-state index is -0.0911. The van der Waals surface area contributed by atoms with E-state index in [1.54, 1.807) is 0 Å². The van der Waals surface area contributed by atoms with Gasteiger partial charge in [-0.15, -0.1) is 0 Å². The number of hydrogen-bond donors (Lipinski definition) is 2. The van der Waals surface area contributed by atoms with Gasteiger partial charge in [0.15, 0.2) is 5.69 Å². The van der Waals surface area contributed by atoms with E-state index in [0.717, 1.165) is 23.9 Å².